The number of rotatable bonds is 6. The number of ether oxygens (including phenoxy) is 3. The molecule has 2 aliphatic heterocycles. The molecule has 0 unspecified atom stereocenters. The van der Waals surface area contributed by atoms with Crippen LogP contribution in [0.5, 0.6) is 17.2 Å². The third kappa shape index (κ3) is 3.85. The van der Waals surface area contributed by atoms with Crippen LogP contribution < -0.4 is 24.4 Å². The number of nitrogens with one attached hydrogen (secondary N) is 1. The first-order valence-corrected chi connectivity index (χ1v) is 11.9. The highest BCUT2D eigenvalue weighted by Crippen LogP contribution is 2.44. The third-order valence-corrected chi connectivity index (χ3v) is 6.56. The molecule has 1 N–H and O–H groups in total. The van der Waals surface area contributed by atoms with Gasteiger partial charge in [0.15, 0.2) is 16.6 Å². The maximum absolute atomic E-state index is 5.87. The molecule has 2 atom stereocenters. The highest BCUT2D eigenvalue weighted by atomic mass is 32.1. The predicted molar refractivity (Wildman–Crippen MR) is 137 cm³/mol. The molecule has 8 heteroatoms. The van der Waals surface area contributed by atoms with E-state index in [9.17, 15) is 0 Å². The molecule has 2 aromatic heterocycles. The van der Waals surface area contributed by atoms with E-state index >= 15 is 0 Å². The Bertz CT molecular complexity index is 1360. The average Bonchev–Trinajstić information content (AvgIpc) is 3.63. The van der Waals surface area contributed by atoms with Gasteiger partial charge in [0, 0.05) is 35.5 Å². The van der Waals surface area contributed by atoms with E-state index in [2.05, 4.69) is 50.2 Å². The monoisotopic (exact) mass is 484 g/mol. The number of anilines is 1. The minimum absolute atomic E-state index is 0.148. The first kappa shape index (κ1) is 21.5. The number of nitrogens with zero attached hydrogens (tertiary/aromatic N) is 3. The minimum atomic E-state index is -0.153. The average molecular weight is 485 g/mol. The normalized spacial score (nSPS) is 18.5. The third-order valence-electron chi connectivity index (χ3n) is 6.24. The van der Waals surface area contributed by atoms with Crippen LogP contribution >= 0.6 is 12.2 Å². The van der Waals surface area contributed by atoms with Crippen molar-refractivity contribution in [1.29, 1.82) is 0 Å². The number of fused-ring (bicyclic) bond motifs is 1. The first-order chi connectivity index (χ1) is 17.2. The molecular weight excluding hydrogens is 460 g/mol. The molecule has 35 heavy (non-hydrogen) atoms. The van der Waals surface area contributed by atoms with Gasteiger partial charge in [0.1, 0.15) is 11.8 Å². The molecule has 0 aliphatic carbocycles. The summed E-state index contributed by atoms with van der Waals surface area (Å²) in [7, 11) is 0. The molecule has 2 aromatic carbocycles. The Morgan fingerprint density at radius 2 is 1.83 bits per heavy atom. The molecule has 1 fully saturated rings. The van der Waals surface area contributed by atoms with Gasteiger partial charge < -0.3 is 29.0 Å². The zero-order valence-corrected chi connectivity index (χ0v) is 19.9. The Kier molecular flexibility index (Phi) is 5.50. The Labute approximate surface area is 208 Å². The van der Waals surface area contributed by atoms with Crippen molar-refractivity contribution < 1.29 is 14.2 Å². The van der Waals surface area contributed by atoms with E-state index in [-0.39, 0.29) is 18.9 Å². The molecule has 4 aromatic rings. The second-order valence-corrected chi connectivity index (χ2v) is 8.65. The van der Waals surface area contributed by atoms with Gasteiger partial charge in [-0.2, -0.15) is 0 Å². The fourth-order valence-electron chi connectivity index (χ4n) is 4.71. The number of aromatic nitrogens is 2. The van der Waals surface area contributed by atoms with Gasteiger partial charge >= 0.3 is 0 Å². The van der Waals surface area contributed by atoms with Crippen LogP contribution in [0.2, 0.25) is 0 Å². The maximum Gasteiger partial charge on any atom is 0.231 e. The summed E-state index contributed by atoms with van der Waals surface area (Å²) in [6.45, 7) is 2.84. The standard InChI is InChI=1S/C27H24N4O3S/c1-2-32-20-11-8-18(9-12-20)30-15-5-7-22(30)26-25(21-6-3-4-14-28-21)29-27(35)31(26)19-10-13-23-24(16-19)34-17-33-23/h3-16,25-26H,2,17H2,1H3,(H,29,35)/t25-,26-/m1/s1. The molecule has 0 bridgehead atoms. The molecule has 6 rings (SSSR count). The molecule has 7 nitrogen and oxygen atoms in total. The Balaban J connectivity index is 1.46. The summed E-state index contributed by atoms with van der Waals surface area (Å²) in [6, 6.07) is 23.9. The van der Waals surface area contributed by atoms with Crippen LogP contribution in [0.4, 0.5) is 5.69 Å². The number of pyridine rings is 1. The van der Waals surface area contributed by atoms with E-state index in [4.69, 9.17) is 26.4 Å². The van der Waals surface area contributed by atoms with E-state index in [0.29, 0.717) is 17.5 Å². The fraction of sp³-hybridized carbons (Fsp3) is 0.185. The van der Waals surface area contributed by atoms with E-state index in [1.54, 1.807) is 0 Å². The SMILES string of the molecule is CCOc1ccc(-n2cccc2[C@@H]2[C@@H](c3ccccn3)NC(=S)N2c2ccc3c(c2)OCO3)cc1. The van der Waals surface area contributed by atoms with Gasteiger partial charge in [-0.05, 0) is 79.8 Å². The molecule has 0 spiro atoms. The van der Waals surface area contributed by atoms with Gasteiger partial charge in [-0.25, -0.2) is 0 Å². The lowest BCUT2D eigenvalue weighted by molar-refractivity contribution is 0.174. The molecule has 176 valence electrons. The van der Waals surface area contributed by atoms with Gasteiger partial charge in [-0.15, -0.1) is 0 Å². The lowest BCUT2D eigenvalue weighted by Crippen LogP contribution is -2.30. The molecule has 0 amide bonds. The van der Waals surface area contributed by atoms with Crippen molar-refractivity contribution in [3.63, 3.8) is 0 Å². The van der Waals surface area contributed by atoms with Crippen LogP contribution in [-0.2, 0) is 0 Å². The van der Waals surface area contributed by atoms with Crippen molar-refractivity contribution in [2.45, 2.75) is 19.0 Å². The topological polar surface area (TPSA) is 60.8 Å². The molecular formula is C27H24N4O3S. The maximum atomic E-state index is 5.87. The van der Waals surface area contributed by atoms with Crippen molar-refractivity contribution in [1.82, 2.24) is 14.9 Å². The second kappa shape index (κ2) is 8.96. The van der Waals surface area contributed by atoms with Gasteiger partial charge in [-0.3, -0.25) is 4.98 Å². The van der Waals surface area contributed by atoms with Crippen molar-refractivity contribution in [3.05, 3.63) is 96.6 Å². The van der Waals surface area contributed by atoms with Gasteiger partial charge in [0.2, 0.25) is 6.79 Å². The summed E-state index contributed by atoms with van der Waals surface area (Å²) >= 11 is 5.87. The zero-order valence-electron chi connectivity index (χ0n) is 19.1. The molecule has 4 heterocycles. The van der Waals surface area contributed by atoms with Crippen LogP contribution in [0.1, 0.15) is 30.4 Å². The summed E-state index contributed by atoms with van der Waals surface area (Å²) < 4.78 is 19.0. The van der Waals surface area contributed by atoms with Crippen molar-refractivity contribution in [3.8, 4) is 22.9 Å². The Hall–Kier alpha value is -4.04. The van der Waals surface area contributed by atoms with Crippen LogP contribution in [-0.4, -0.2) is 28.1 Å². The Morgan fingerprint density at radius 1 is 1.00 bits per heavy atom. The smallest absolute Gasteiger partial charge is 0.231 e. The van der Waals surface area contributed by atoms with Gasteiger partial charge in [0.25, 0.3) is 0 Å². The van der Waals surface area contributed by atoms with Crippen LogP contribution in [0.25, 0.3) is 5.69 Å². The lowest BCUT2D eigenvalue weighted by Gasteiger charge is -2.29. The van der Waals surface area contributed by atoms with E-state index < -0.39 is 0 Å². The number of hydrogen-bond acceptors (Lipinski definition) is 5. The summed E-state index contributed by atoms with van der Waals surface area (Å²) in [5.74, 6) is 2.30. The highest BCUT2D eigenvalue weighted by Gasteiger charge is 2.42. The number of thiocarbonyl (C=S) groups is 1. The molecule has 2 aliphatic rings. The lowest BCUT2D eigenvalue weighted by atomic mass is 10.0. The van der Waals surface area contributed by atoms with Crippen LogP contribution in [0.3, 0.4) is 0 Å². The van der Waals surface area contributed by atoms with Crippen molar-refractivity contribution in [2.75, 3.05) is 18.3 Å². The molecule has 1 saturated heterocycles. The molecule has 0 radical (unpaired) electrons. The summed E-state index contributed by atoms with van der Waals surface area (Å²) in [5, 5.41) is 4.15. The van der Waals surface area contributed by atoms with Crippen molar-refractivity contribution >= 4 is 23.0 Å². The van der Waals surface area contributed by atoms with Crippen LogP contribution in [0.15, 0.2) is 85.2 Å². The number of hydrogen-bond donors (Lipinski definition) is 1. The summed E-state index contributed by atoms with van der Waals surface area (Å²) in [4.78, 5) is 6.79. The predicted octanol–water partition coefficient (Wildman–Crippen LogP) is 5.18. The Morgan fingerprint density at radius 3 is 2.63 bits per heavy atom. The van der Waals surface area contributed by atoms with Gasteiger partial charge in [-0.1, -0.05) is 6.07 Å². The largest absolute Gasteiger partial charge is 0.494 e. The zero-order chi connectivity index (χ0) is 23.8. The van der Waals surface area contributed by atoms with E-state index in [0.717, 1.165) is 34.3 Å². The summed E-state index contributed by atoms with van der Waals surface area (Å²) in [5.41, 5.74) is 3.96. The van der Waals surface area contributed by atoms with E-state index in [1.165, 1.54) is 0 Å². The minimum Gasteiger partial charge on any atom is -0.494 e. The quantitative estimate of drug-likeness (QED) is 0.379. The van der Waals surface area contributed by atoms with Crippen LogP contribution in [0, 0.1) is 0 Å². The van der Waals surface area contributed by atoms with Crippen molar-refractivity contribution in [2.24, 2.45) is 0 Å². The van der Waals surface area contributed by atoms with Gasteiger partial charge in [0.05, 0.1) is 18.3 Å². The second-order valence-electron chi connectivity index (χ2n) is 8.26. The number of benzene rings is 2. The fourth-order valence-corrected chi connectivity index (χ4v) is 5.05. The van der Waals surface area contributed by atoms with E-state index in [1.807, 2.05) is 61.7 Å². The molecule has 0 saturated carbocycles. The highest BCUT2D eigenvalue weighted by molar-refractivity contribution is 7.80. The summed E-state index contributed by atoms with van der Waals surface area (Å²) in [6.07, 6.45) is 3.88. The first-order valence-electron chi connectivity index (χ1n) is 11.5.